The monoisotopic (exact) mass is 212 g/mol. The molecule has 0 amide bonds. The highest BCUT2D eigenvalue weighted by Crippen LogP contribution is 2.19. The van der Waals surface area contributed by atoms with Gasteiger partial charge in [-0.1, -0.05) is 46.0 Å². The van der Waals surface area contributed by atoms with E-state index in [0.717, 1.165) is 12.6 Å². The fourth-order valence-corrected chi connectivity index (χ4v) is 2.50. The van der Waals surface area contributed by atoms with Crippen LogP contribution in [0.3, 0.4) is 0 Å². The molecule has 2 atom stereocenters. The maximum Gasteiger partial charge on any atom is 0.0218 e. The van der Waals surface area contributed by atoms with Crippen molar-refractivity contribution in [3.8, 4) is 0 Å². The van der Waals surface area contributed by atoms with Gasteiger partial charge in [-0.15, -0.1) is 0 Å². The summed E-state index contributed by atoms with van der Waals surface area (Å²) in [5.74, 6) is 0.707. The summed E-state index contributed by atoms with van der Waals surface area (Å²) >= 11 is 0. The number of hydrogen-bond acceptors (Lipinski definition) is 2. The highest BCUT2D eigenvalue weighted by Gasteiger charge is 2.19. The van der Waals surface area contributed by atoms with E-state index in [0.29, 0.717) is 12.0 Å². The Labute approximate surface area is 95.0 Å². The molecule has 2 nitrogen and oxygen atoms in total. The van der Waals surface area contributed by atoms with Gasteiger partial charge >= 0.3 is 0 Å². The molecule has 1 fully saturated rings. The van der Waals surface area contributed by atoms with Crippen LogP contribution in [0, 0.1) is 5.92 Å². The van der Waals surface area contributed by atoms with Crippen molar-refractivity contribution in [2.24, 2.45) is 11.7 Å². The molecule has 90 valence electrons. The van der Waals surface area contributed by atoms with Gasteiger partial charge in [0.2, 0.25) is 0 Å². The van der Waals surface area contributed by atoms with Gasteiger partial charge in [-0.2, -0.15) is 0 Å². The molecule has 1 rings (SSSR count). The first-order valence-electron chi connectivity index (χ1n) is 6.74. The summed E-state index contributed by atoms with van der Waals surface area (Å²) in [6.45, 7) is 5.34. The van der Waals surface area contributed by atoms with Crippen LogP contribution in [0.5, 0.6) is 0 Å². The Kier molecular flexibility index (Phi) is 6.26. The molecule has 0 saturated heterocycles. The van der Waals surface area contributed by atoms with Crippen LogP contribution in [-0.4, -0.2) is 18.6 Å². The maximum atomic E-state index is 5.84. The second kappa shape index (κ2) is 7.24. The van der Waals surface area contributed by atoms with Gasteiger partial charge in [-0.25, -0.2) is 0 Å². The minimum absolute atomic E-state index is 0.526. The topological polar surface area (TPSA) is 38.0 Å². The quantitative estimate of drug-likeness (QED) is 0.688. The van der Waals surface area contributed by atoms with E-state index in [1.165, 1.54) is 44.9 Å². The Hall–Kier alpha value is -0.0800. The van der Waals surface area contributed by atoms with Crippen molar-refractivity contribution in [1.29, 1.82) is 0 Å². The van der Waals surface area contributed by atoms with E-state index in [4.69, 9.17) is 5.73 Å². The van der Waals surface area contributed by atoms with Crippen LogP contribution in [0.2, 0.25) is 0 Å². The molecule has 2 heteroatoms. The molecule has 1 saturated carbocycles. The highest BCUT2D eigenvalue weighted by molar-refractivity contribution is 4.80. The van der Waals surface area contributed by atoms with Gasteiger partial charge in [0.05, 0.1) is 0 Å². The van der Waals surface area contributed by atoms with Gasteiger partial charge in [-0.05, 0) is 18.8 Å². The fraction of sp³-hybridized carbons (Fsp3) is 1.00. The summed E-state index contributed by atoms with van der Waals surface area (Å²) in [5.41, 5.74) is 5.84. The number of hydrogen-bond donors (Lipinski definition) is 2. The number of nitrogens with one attached hydrogen (secondary N) is 1. The first-order chi connectivity index (χ1) is 7.27. The van der Waals surface area contributed by atoms with E-state index in [-0.39, 0.29) is 0 Å². The predicted molar refractivity (Wildman–Crippen MR) is 66.9 cm³/mol. The van der Waals surface area contributed by atoms with E-state index in [1.54, 1.807) is 0 Å². The molecule has 0 aliphatic heterocycles. The summed E-state index contributed by atoms with van der Waals surface area (Å²) in [7, 11) is 0. The van der Waals surface area contributed by atoms with Crippen molar-refractivity contribution < 1.29 is 0 Å². The van der Waals surface area contributed by atoms with Gasteiger partial charge in [-0.3, -0.25) is 0 Å². The molecule has 0 aromatic carbocycles. The van der Waals surface area contributed by atoms with Crippen molar-refractivity contribution in [3.63, 3.8) is 0 Å². The molecule has 0 radical (unpaired) electrons. The largest absolute Gasteiger partial charge is 0.329 e. The fourth-order valence-electron chi connectivity index (χ4n) is 2.50. The third-order valence-electron chi connectivity index (χ3n) is 3.89. The molecule has 0 aromatic heterocycles. The first-order valence-corrected chi connectivity index (χ1v) is 6.74. The molecule has 0 bridgehead atoms. The van der Waals surface area contributed by atoms with Crippen LogP contribution in [-0.2, 0) is 0 Å². The molecule has 15 heavy (non-hydrogen) atoms. The maximum absolute atomic E-state index is 5.84. The Morgan fingerprint density at radius 1 is 1.20 bits per heavy atom. The van der Waals surface area contributed by atoms with E-state index >= 15 is 0 Å². The number of rotatable bonds is 5. The van der Waals surface area contributed by atoms with Crippen molar-refractivity contribution in [2.75, 3.05) is 6.54 Å². The van der Waals surface area contributed by atoms with E-state index in [2.05, 4.69) is 19.2 Å². The van der Waals surface area contributed by atoms with Gasteiger partial charge in [0.1, 0.15) is 0 Å². The lowest BCUT2D eigenvalue weighted by molar-refractivity contribution is 0.317. The lowest BCUT2D eigenvalue weighted by atomic mass is 9.97. The van der Waals surface area contributed by atoms with Crippen molar-refractivity contribution in [2.45, 2.75) is 70.9 Å². The Bertz CT molecular complexity index is 151. The second-order valence-corrected chi connectivity index (χ2v) is 5.08. The van der Waals surface area contributed by atoms with Crippen LogP contribution < -0.4 is 11.1 Å². The lowest BCUT2D eigenvalue weighted by Gasteiger charge is -2.28. The Morgan fingerprint density at radius 2 is 1.80 bits per heavy atom. The molecule has 1 aliphatic rings. The summed E-state index contributed by atoms with van der Waals surface area (Å²) in [5, 5.41) is 3.77. The zero-order valence-corrected chi connectivity index (χ0v) is 10.5. The molecule has 0 heterocycles. The lowest BCUT2D eigenvalue weighted by Crippen LogP contribution is -2.46. The van der Waals surface area contributed by atoms with Crippen LogP contribution in [0.15, 0.2) is 0 Å². The average Bonchev–Trinajstić information content (AvgIpc) is 2.53. The summed E-state index contributed by atoms with van der Waals surface area (Å²) in [4.78, 5) is 0. The molecule has 2 unspecified atom stereocenters. The van der Waals surface area contributed by atoms with Crippen molar-refractivity contribution in [1.82, 2.24) is 5.32 Å². The minimum Gasteiger partial charge on any atom is -0.329 e. The third kappa shape index (κ3) is 4.52. The van der Waals surface area contributed by atoms with Gasteiger partial charge in [0.15, 0.2) is 0 Å². The summed E-state index contributed by atoms with van der Waals surface area (Å²) < 4.78 is 0. The summed E-state index contributed by atoms with van der Waals surface area (Å²) in [6.07, 6.45) is 9.58. The molecule has 3 N–H and O–H groups in total. The molecule has 0 aromatic rings. The molecule has 1 aliphatic carbocycles. The molecular weight excluding hydrogens is 184 g/mol. The zero-order chi connectivity index (χ0) is 11.1. The van der Waals surface area contributed by atoms with Crippen LogP contribution in [0.1, 0.15) is 58.8 Å². The SMILES string of the molecule is CCC(C)C(CN)NC1CCCCCC1. The molecular formula is C13H28N2. The third-order valence-corrected chi connectivity index (χ3v) is 3.89. The smallest absolute Gasteiger partial charge is 0.0218 e. The normalized spacial score (nSPS) is 23.4. The Morgan fingerprint density at radius 3 is 2.27 bits per heavy atom. The van der Waals surface area contributed by atoms with Gasteiger partial charge in [0.25, 0.3) is 0 Å². The van der Waals surface area contributed by atoms with Crippen LogP contribution >= 0.6 is 0 Å². The standard InChI is InChI=1S/C13H28N2/c1-3-11(2)13(10-14)15-12-8-6-4-5-7-9-12/h11-13,15H,3-10,14H2,1-2H3. The first kappa shape index (κ1) is 13.0. The van der Waals surface area contributed by atoms with E-state index in [1.807, 2.05) is 0 Å². The van der Waals surface area contributed by atoms with Crippen molar-refractivity contribution in [3.05, 3.63) is 0 Å². The second-order valence-electron chi connectivity index (χ2n) is 5.08. The highest BCUT2D eigenvalue weighted by atomic mass is 15.0. The Balaban J connectivity index is 2.35. The van der Waals surface area contributed by atoms with Gasteiger partial charge < -0.3 is 11.1 Å². The van der Waals surface area contributed by atoms with Crippen LogP contribution in [0.4, 0.5) is 0 Å². The van der Waals surface area contributed by atoms with Crippen molar-refractivity contribution >= 4 is 0 Å². The minimum atomic E-state index is 0.526. The molecule has 0 spiro atoms. The van der Waals surface area contributed by atoms with E-state index in [9.17, 15) is 0 Å². The number of nitrogens with two attached hydrogens (primary N) is 1. The van der Waals surface area contributed by atoms with Gasteiger partial charge in [0, 0.05) is 18.6 Å². The zero-order valence-electron chi connectivity index (χ0n) is 10.5. The van der Waals surface area contributed by atoms with E-state index < -0.39 is 0 Å². The average molecular weight is 212 g/mol. The summed E-state index contributed by atoms with van der Waals surface area (Å²) in [6, 6.07) is 1.26. The predicted octanol–water partition coefficient (Wildman–Crippen LogP) is 2.67. The van der Waals surface area contributed by atoms with Crippen LogP contribution in [0.25, 0.3) is 0 Å².